The molecule has 0 aromatic carbocycles. The second-order valence-electron chi connectivity index (χ2n) is 4.29. The van der Waals surface area contributed by atoms with Crippen LogP contribution in [0.3, 0.4) is 0 Å². The molecule has 0 bridgehead atoms. The summed E-state index contributed by atoms with van der Waals surface area (Å²) in [6.45, 7) is 1.42. The van der Waals surface area contributed by atoms with E-state index in [1.54, 1.807) is 11.6 Å². The number of aromatic carboxylic acids is 1. The van der Waals surface area contributed by atoms with Gasteiger partial charge >= 0.3 is 5.97 Å². The van der Waals surface area contributed by atoms with Crippen molar-refractivity contribution in [2.24, 2.45) is 0 Å². The lowest BCUT2D eigenvalue weighted by atomic mass is 10.1. The van der Waals surface area contributed by atoms with Crippen LogP contribution in [0.2, 0.25) is 0 Å². The SMILES string of the molecule is Cc1c(F)cnc2c1c(=O)c(C(=O)O)cn2-c1nccs1. The zero-order valence-electron chi connectivity index (χ0n) is 10.7. The zero-order chi connectivity index (χ0) is 15.1. The number of carboxylic acid groups (broad SMARTS) is 1. The van der Waals surface area contributed by atoms with Crippen molar-refractivity contribution in [3.05, 3.63) is 51.1 Å². The maximum absolute atomic E-state index is 13.7. The van der Waals surface area contributed by atoms with Gasteiger partial charge in [0.05, 0.1) is 11.6 Å². The minimum Gasteiger partial charge on any atom is -0.477 e. The van der Waals surface area contributed by atoms with Gasteiger partial charge in [-0.15, -0.1) is 11.3 Å². The van der Waals surface area contributed by atoms with E-state index in [1.807, 2.05) is 0 Å². The third-order valence-electron chi connectivity index (χ3n) is 3.07. The van der Waals surface area contributed by atoms with Gasteiger partial charge in [0.25, 0.3) is 0 Å². The van der Waals surface area contributed by atoms with E-state index in [-0.39, 0.29) is 16.6 Å². The summed E-state index contributed by atoms with van der Waals surface area (Å²) in [5.74, 6) is -2.04. The molecule has 106 valence electrons. The molecule has 0 atom stereocenters. The minimum absolute atomic E-state index is 0.0508. The Balaban J connectivity index is 2.55. The van der Waals surface area contributed by atoms with Crippen molar-refractivity contribution in [3.8, 4) is 5.13 Å². The van der Waals surface area contributed by atoms with Crippen LogP contribution in [-0.4, -0.2) is 25.6 Å². The van der Waals surface area contributed by atoms with Gasteiger partial charge < -0.3 is 5.11 Å². The second-order valence-corrected chi connectivity index (χ2v) is 5.16. The van der Waals surface area contributed by atoms with Crippen LogP contribution >= 0.6 is 11.3 Å². The number of fused-ring (bicyclic) bond motifs is 1. The molecular formula is C13H8FN3O3S. The molecule has 21 heavy (non-hydrogen) atoms. The van der Waals surface area contributed by atoms with Gasteiger partial charge in [0.15, 0.2) is 10.8 Å². The van der Waals surface area contributed by atoms with E-state index < -0.39 is 22.8 Å². The third-order valence-corrected chi connectivity index (χ3v) is 3.84. The van der Waals surface area contributed by atoms with E-state index in [2.05, 4.69) is 9.97 Å². The van der Waals surface area contributed by atoms with E-state index in [4.69, 9.17) is 5.11 Å². The molecule has 6 nitrogen and oxygen atoms in total. The Morgan fingerprint density at radius 3 is 2.81 bits per heavy atom. The smallest absolute Gasteiger partial charge is 0.341 e. The first-order valence-electron chi connectivity index (χ1n) is 5.84. The Morgan fingerprint density at radius 2 is 2.19 bits per heavy atom. The molecule has 0 aliphatic carbocycles. The number of aryl methyl sites for hydroxylation is 1. The number of nitrogens with zero attached hydrogens (tertiary/aromatic N) is 3. The van der Waals surface area contributed by atoms with Crippen LogP contribution in [0, 0.1) is 12.7 Å². The molecule has 3 rings (SSSR count). The number of aromatic nitrogens is 3. The van der Waals surface area contributed by atoms with E-state index in [0.717, 1.165) is 12.4 Å². The lowest BCUT2D eigenvalue weighted by molar-refractivity contribution is 0.0695. The average Bonchev–Trinajstić information content (AvgIpc) is 2.96. The normalized spacial score (nSPS) is 11.0. The monoisotopic (exact) mass is 305 g/mol. The molecule has 1 N–H and O–H groups in total. The van der Waals surface area contributed by atoms with Crippen LogP contribution in [0.1, 0.15) is 15.9 Å². The van der Waals surface area contributed by atoms with E-state index in [0.29, 0.717) is 5.13 Å². The molecule has 0 amide bonds. The summed E-state index contributed by atoms with van der Waals surface area (Å²) in [6, 6.07) is 0. The zero-order valence-corrected chi connectivity index (χ0v) is 11.5. The minimum atomic E-state index is -1.38. The fourth-order valence-electron chi connectivity index (χ4n) is 2.04. The van der Waals surface area contributed by atoms with Crippen LogP contribution in [-0.2, 0) is 0 Å². The predicted octanol–water partition coefficient (Wildman–Crippen LogP) is 1.99. The highest BCUT2D eigenvalue weighted by atomic mass is 32.1. The number of pyridine rings is 2. The van der Waals surface area contributed by atoms with Gasteiger partial charge in [0.1, 0.15) is 11.4 Å². The number of carboxylic acids is 1. The number of carbonyl (C=O) groups is 1. The van der Waals surface area contributed by atoms with E-state index in [1.165, 1.54) is 22.8 Å². The number of rotatable bonds is 2. The fourth-order valence-corrected chi connectivity index (χ4v) is 2.66. The lowest BCUT2D eigenvalue weighted by Crippen LogP contribution is -2.20. The number of halogens is 1. The first-order chi connectivity index (χ1) is 10.0. The molecule has 3 heterocycles. The molecule has 0 unspecified atom stereocenters. The van der Waals surface area contributed by atoms with Crippen LogP contribution in [0.25, 0.3) is 16.2 Å². The first kappa shape index (κ1) is 13.4. The molecule has 0 saturated heterocycles. The number of hydrogen-bond acceptors (Lipinski definition) is 5. The maximum Gasteiger partial charge on any atom is 0.341 e. The van der Waals surface area contributed by atoms with Gasteiger partial charge in [0, 0.05) is 23.3 Å². The Hall–Kier alpha value is -2.61. The predicted molar refractivity (Wildman–Crippen MR) is 74.7 cm³/mol. The van der Waals surface area contributed by atoms with Crippen LogP contribution in [0.4, 0.5) is 4.39 Å². The molecule has 0 fully saturated rings. The highest BCUT2D eigenvalue weighted by Gasteiger charge is 2.19. The van der Waals surface area contributed by atoms with Crippen LogP contribution in [0.15, 0.2) is 28.8 Å². The Morgan fingerprint density at radius 1 is 1.43 bits per heavy atom. The Labute approximate surface area is 121 Å². The van der Waals surface area contributed by atoms with Gasteiger partial charge in [-0.2, -0.15) is 0 Å². The molecule has 0 radical (unpaired) electrons. The summed E-state index contributed by atoms with van der Waals surface area (Å²) in [4.78, 5) is 31.5. The standard InChI is InChI=1S/C13H8FN3O3S/c1-6-8(14)4-16-11-9(6)10(18)7(12(19)20)5-17(11)13-15-2-3-21-13/h2-5H,1H3,(H,19,20). The second kappa shape index (κ2) is 4.74. The van der Waals surface area contributed by atoms with E-state index in [9.17, 15) is 14.0 Å². The highest BCUT2D eigenvalue weighted by Crippen LogP contribution is 2.21. The molecule has 8 heteroatoms. The van der Waals surface area contributed by atoms with Gasteiger partial charge in [-0.25, -0.2) is 19.2 Å². The Bertz CT molecular complexity index is 919. The molecular weight excluding hydrogens is 297 g/mol. The van der Waals surface area contributed by atoms with Crippen molar-refractivity contribution < 1.29 is 14.3 Å². The van der Waals surface area contributed by atoms with Crippen molar-refractivity contribution in [2.45, 2.75) is 6.92 Å². The average molecular weight is 305 g/mol. The van der Waals surface area contributed by atoms with Crippen molar-refractivity contribution in [2.75, 3.05) is 0 Å². The van der Waals surface area contributed by atoms with Crippen molar-refractivity contribution in [1.29, 1.82) is 0 Å². The first-order valence-corrected chi connectivity index (χ1v) is 6.72. The summed E-state index contributed by atoms with van der Waals surface area (Å²) in [6.07, 6.45) is 3.71. The number of hydrogen-bond donors (Lipinski definition) is 1. The highest BCUT2D eigenvalue weighted by molar-refractivity contribution is 7.12. The summed E-state index contributed by atoms with van der Waals surface area (Å²) in [5, 5.41) is 11.3. The largest absolute Gasteiger partial charge is 0.477 e. The summed E-state index contributed by atoms with van der Waals surface area (Å²) >= 11 is 1.25. The summed E-state index contributed by atoms with van der Waals surface area (Å²) < 4.78 is 15.1. The molecule has 0 aliphatic heterocycles. The molecule has 0 spiro atoms. The van der Waals surface area contributed by atoms with Crippen molar-refractivity contribution in [3.63, 3.8) is 0 Å². The van der Waals surface area contributed by atoms with Crippen molar-refractivity contribution >= 4 is 28.3 Å². The van der Waals surface area contributed by atoms with Crippen LogP contribution < -0.4 is 5.43 Å². The third kappa shape index (κ3) is 2.00. The Kier molecular flexibility index (Phi) is 3.02. The lowest BCUT2D eigenvalue weighted by Gasteiger charge is -2.10. The number of thiazole rings is 1. The quantitative estimate of drug-likeness (QED) is 0.782. The fraction of sp³-hybridized carbons (Fsp3) is 0.0769. The van der Waals surface area contributed by atoms with Gasteiger partial charge in [0.2, 0.25) is 5.43 Å². The van der Waals surface area contributed by atoms with Gasteiger partial charge in [-0.1, -0.05) is 0 Å². The molecule has 0 saturated carbocycles. The maximum atomic E-state index is 13.7. The van der Waals surface area contributed by atoms with Gasteiger partial charge in [-0.05, 0) is 6.92 Å². The molecule has 0 aliphatic rings. The van der Waals surface area contributed by atoms with Crippen molar-refractivity contribution in [1.82, 2.24) is 14.5 Å². The topological polar surface area (TPSA) is 85.1 Å². The van der Waals surface area contributed by atoms with E-state index >= 15 is 0 Å². The van der Waals surface area contributed by atoms with Gasteiger partial charge in [-0.3, -0.25) is 9.36 Å². The van der Waals surface area contributed by atoms with Crippen LogP contribution in [0.5, 0.6) is 0 Å². The summed E-state index contributed by atoms with van der Waals surface area (Å²) in [7, 11) is 0. The molecule has 3 aromatic heterocycles. The summed E-state index contributed by atoms with van der Waals surface area (Å²) in [5.41, 5.74) is -0.958. The molecule has 3 aromatic rings.